The second-order valence-corrected chi connectivity index (χ2v) is 5.76. The zero-order chi connectivity index (χ0) is 15.2. The maximum atomic E-state index is 12.0. The molecule has 0 bridgehead atoms. The summed E-state index contributed by atoms with van der Waals surface area (Å²) in [5.74, 6) is 0.0676. The fourth-order valence-electron chi connectivity index (χ4n) is 2.16. The molecule has 0 aliphatic carbocycles. The maximum absolute atomic E-state index is 12.0. The molecule has 0 saturated heterocycles. The number of hydrogen-bond donors (Lipinski definition) is 1. The molecule has 1 unspecified atom stereocenters. The fraction of sp³-hybridized carbons (Fsp3) is 0.278. The summed E-state index contributed by atoms with van der Waals surface area (Å²) in [6, 6.07) is 15.9. The molecule has 1 amide bonds. The van der Waals surface area contributed by atoms with E-state index in [2.05, 4.69) is 36.5 Å². The van der Waals surface area contributed by atoms with Gasteiger partial charge in [0.2, 0.25) is 5.91 Å². The third-order valence-electron chi connectivity index (χ3n) is 3.51. The molecule has 0 aliphatic heterocycles. The van der Waals surface area contributed by atoms with Crippen molar-refractivity contribution >= 4 is 17.5 Å². The van der Waals surface area contributed by atoms with Gasteiger partial charge >= 0.3 is 0 Å². The highest BCUT2D eigenvalue weighted by Gasteiger charge is 2.09. The minimum absolute atomic E-state index is 0.0308. The summed E-state index contributed by atoms with van der Waals surface area (Å²) in [7, 11) is 0. The van der Waals surface area contributed by atoms with E-state index in [1.807, 2.05) is 31.2 Å². The highest BCUT2D eigenvalue weighted by atomic mass is 35.5. The molecule has 0 heterocycles. The zero-order valence-electron chi connectivity index (χ0n) is 12.4. The van der Waals surface area contributed by atoms with E-state index < -0.39 is 0 Å². The number of halogens is 1. The van der Waals surface area contributed by atoms with Gasteiger partial charge in [-0.15, -0.1) is 0 Å². The molecule has 2 aromatic carbocycles. The smallest absolute Gasteiger partial charge is 0.220 e. The molecule has 0 aromatic heterocycles. The molecule has 0 fully saturated rings. The summed E-state index contributed by atoms with van der Waals surface area (Å²) in [6.07, 6.45) is 1.21. The lowest BCUT2D eigenvalue weighted by molar-refractivity contribution is -0.121. The molecule has 0 spiro atoms. The van der Waals surface area contributed by atoms with Crippen LogP contribution in [0.4, 0.5) is 0 Å². The standard InChI is InChI=1S/C18H20ClNO/c1-13-3-8-16(9-4-13)14(2)20-18(21)12-7-15-5-10-17(19)11-6-15/h3-6,8-11,14H,7,12H2,1-2H3,(H,20,21). The molecule has 2 nitrogen and oxygen atoms in total. The van der Waals surface area contributed by atoms with E-state index >= 15 is 0 Å². The van der Waals surface area contributed by atoms with Gasteiger partial charge in [-0.05, 0) is 43.5 Å². The number of nitrogens with one attached hydrogen (secondary N) is 1. The first-order valence-electron chi connectivity index (χ1n) is 7.15. The van der Waals surface area contributed by atoms with Gasteiger partial charge in [-0.2, -0.15) is 0 Å². The van der Waals surface area contributed by atoms with Crippen LogP contribution in [0.3, 0.4) is 0 Å². The van der Waals surface area contributed by atoms with E-state index in [1.54, 1.807) is 0 Å². The van der Waals surface area contributed by atoms with Crippen LogP contribution in [0, 0.1) is 6.92 Å². The van der Waals surface area contributed by atoms with E-state index in [0.717, 1.165) is 22.6 Å². The maximum Gasteiger partial charge on any atom is 0.220 e. The summed E-state index contributed by atoms with van der Waals surface area (Å²) in [6.45, 7) is 4.06. The molecule has 21 heavy (non-hydrogen) atoms. The van der Waals surface area contributed by atoms with Gasteiger partial charge in [0, 0.05) is 11.4 Å². The Morgan fingerprint density at radius 2 is 1.71 bits per heavy atom. The molecular weight excluding hydrogens is 282 g/mol. The van der Waals surface area contributed by atoms with E-state index in [-0.39, 0.29) is 11.9 Å². The molecular formula is C18H20ClNO. The highest BCUT2D eigenvalue weighted by molar-refractivity contribution is 6.30. The van der Waals surface area contributed by atoms with Crippen LogP contribution in [-0.4, -0.2) is 5.91 Å². The quantitative estimate of drug-likeness (QED) is 0.868. The normalized spacial score (nSPS) is 12.0. The zero-order valence-corrected chi connectivity index (χ0v) is 13.2. The SMILES string of the molecule is Cc1ccc(C(C)NC(=O)CCc2ccc(Cl)cc2)cc1. The minimum atomic E-state index is 0.0308. The molecule has 2 rings (SSSR count). The largest absolute Gasteiger partial charge is 0.350 e. The van der Waals surface area contributed by atoms with Crippen LogP contribution in [0.1, 0.15) is 36.1 Å². The number of aryl methyl sites for hydroxylation is 2. The van der Waals surface area contributed by atoms with Crippen LogP contribution in [-0.2, 0) is 11.2 Å². The molecule has 3 heteroatoms. The summed E-state index contributed by atoms with van der Waals surface area (Å²) in [5.41, 5.74) is 3.47. The van der Waals surface area contributed by atoms with Gasteiger partial charge < -0.3 is 5.32 Å². The fourth-order valence-corrected chi connectivity index (χ4v) is 2.29. The highest BCUT2D eigenvalue weighted by Crippen LogP contribution is 2.14. The van der Waals surface area contributed by atoms with Crippen molar-refractivity contribution < 1.29 is 4.79 Å². The number of rotatable bonds is 5. The molecule has 1 N–H and O–H groups in total. The lowest BCUT2D eigenvalue weighted by Crippen LogP contribution is -2.26. The van der Waals surface area contributed by atoms with Crippen LogP contribution in [0.25, 0.3) is 0 Å². The van der Waals surface area contributed by atoms with Gasteiger partial charge in [0.1, 0.15) is 0 Å². The molecule has 110 valence electrons. The monoisotopic (exact) mass is 301 g/mol. The van der Waals surface area contributed by atoms with E-state index in [9.17, 15) is 4.79 Å². The summed E-state index contributed by atoms with van der Waals surface area (Å²) in [5, 5.41) is 3.75. The third-order valence-corrected chi connectivity index (χ3v) is 3.76. The summed E-state index contributed by atoms with van der Waals surface area (Å²) in [4.78, 5) is 12.0. The molecule has 0 aliphatic rings. The number of hydrogen-bond acceptors (Lipinski definition) is 1. The van der Waals surface area contributed by atoms with Crippen molar-refractivity contribution in [2.45, 2.75) is 32.7 Å². The first-order valence-corrected chi connectivity index (χ1v) is 7.53. The van der Waals surface area contributed by atoms with Gasteiger partial charge in [0.25, 0.3) is 0 Å². The van der Waals surface area contributed by atoms with Gasteiger partial charge in [0.15, 0.2) is 0 Å². The average Bonchev–Trinajstić information content (AvgIpc) is 2.47. The second kappa shape index (κ2) is 7.28. The van der Waals surface area contributed by atoms with Crippen molar-refractivity contribution in [2.75, 3.05) is 0 Å². The Bertz CT molecular complexity index is 590. The topological polar surface area (TPSA) is 29.1 Å². The lowest BCUT2D eigenvalue weighted by atomic mass is 10.1. The second-order valence-electron chi connectivity index (χ2n) is 5.33. The van der Waals surface area contributed by atoms with Crippen molar-refractivity contribution in [3.8, 4) is 0 Å². The Balaban J connectivity index is 1.83. The Morgan fingerprint density at radius 3 is 2.33 bits per heavy atom. The molecule has 1 atom stereocenters. The predicted molar refractivity (Wildman–Crippen MR) is 87.5 cm³/mol. The van der Waals surface area contributed by atoms with Gasteiger partial charge in [-0.3, -0.25) is 4.79 Å². The molecule has 0 saturated carbocycles. The van der Waals surface area contributed by atoms with Gasteiger partial charge in [-0.25, -0.2) is 0 Å². The van der Waals surface area contributed by atoms with E-state index in [0.29, 0.717) is 6.42 Å². The average molecular weight is 302 g/mol. The Kier molecular flexibility index (Phi) is 5.40. The first kappa shape index (κ1) is 15.6. The Morgan fingerprint density at radius 1 is 1.10 bits per heavy atom. The van der Waals surface area contributed by atoms with Crippen molar-refractivity contribution in [1.82, 2.24) is 5.32 Å². The Labute approximate surface area is 131 Å². The number of carbonyl (C=O) groups excluding carboxylic acids is 1. The Hall–Kier alpha value is -1.80. The third kappa shape index (κ3) is 4.91. The van der Waals surface area contributed by atoms with E-state index in [1.165, 1.54) is 5.56 Å². The van der Waals surface area contributed by atoms with Crippen molar-refractivity contribution in [3.05, 3.63) is 70.2 Å². The predicted octanol–water partition coefficient (Wildman–Crippen LogP) is 4.46. The van der Waals surface area contributed by atoms with Crippen LogP contribution in [0.2, 0.25) is 5.02 Å². The number of amides is 1. The van der Waals surface area contributed by atoms with Crippen LogP contribution >= 0.6 is 11.6 Å². The summed E-state index contributed by atoms with van der Waals surface area (Å²) < 4.78 is 0. The van der Waals surface area contributed by atoms with E-state index in [4.69, 9.17) is 11.6 Å². The van der Waals surface area contributed by atoms with Crippen molar-refractivity contribution in [3.63, 3.8) is 0 Å². The van der Waals surface area contributed by atoms with Crippen molar-refractivity contribution in [1.29, 1.82) is 0 Å². The van der Waals surface area contributed by atoms with Crippen LogP contribution in [0.5, 0.6) is 0 Å². The van der Waals surface area contributed by atoms with Crippen LogP contribution < -0.4 is 5.32 Å². The van der Waals surface area contributed by atoms with Crippen LogP contribution in [0.15, 0.2) is 48.5 Å². The minimum Gasteiger partial charge on any atom is -0.350 e. The number of carbonyl (C=O) groups is 1. The first-order chi connectivity index (χ1) is 10.0. The number of benzene rings is 2. The van der Waals surface area contributed by atoms with Crippen molar-refractivity contribution in [2.24, 2.45) is 0 Å². The summed E-state index contributed by atoms with van der Waals surface area (Å²) >= 11 is 5.84. The molecule has 2 aromatic rings. The molecule has 0 radical (unpaired) electrons. The lowest BCUT2D eigenvalue weighted by Gasteiger charge is -2.14. The van der Waals surface area contributed by atoms with Gasteiger partial charge in [-0.1, -0.05) is 53.6 Å². The van der Waals surface area contributed by atoms with Gasteiger partial charge in [0.05, 0.1) is 6.04 Å².